The zero-order valence-electron chi connectivity index (χ0n) is 14.0. The number of ketones is 1. The van der Waals surface area contributed by atoms with Gasteiger partial charge in [-0.15, -0.1) is 0 Å². The van der Waals surface area contributed by atoms with Crippen molar-refractivity contribution in [1.29, 1.82) is 0 Å². The van der Waals surface area contributed by atoms with Crippen LogP contribution < -0.4 is 5.32 Å². The fourth-order valence-electron chi connectivity index (χ4n) is 3.99. The molecule has 1 aromatic rings. The average Bonchev–Trinajstić information content (AvgIpc) is 2.46. The largest absolute Gasteiger partial charge is 0.379 e. The van der Waals surface area contributed by atoms with E-state index in [4.69, 9.17) is 0 Å². The van der Waals surface area contributed by atoms with Crippen LogP contribution in [0.1, 0.15) is 57.6 Å². The van der Waals surface area contributed by atoms with Gasteiger partial charge in [0.05, 0.1) is 0 Å². The summed E-state index contributed by atoms with van der Waals surface area (Å²) in [7, 11) is 0. The second-order valence-electron chi connectivity index (χ2n) is 7.67. The number of benzene rings is 1. The highest BCUT2D eigenvalue weighted by atomic mass is 16.1. The Kier molecular flexibility index (Phi) is 4.12. The number of carbonyl (C=O) groups excluding carboxylic acids is 1. The topological polar surface area (TPSA) is 29.1 Å². The molecule has 0 aromatic heterocycles. The molecule has 1 saturated carbocycles. The summed E-state index contributed by atoms with van der Waals surface area (Å²) in [5, 5.41) is 3.57. The first-order valence-electron chi connectivity index (χ1n) is 8.58. The fraction of sp³-hybridized carbons (Fsp3) is 0.550. The third-order valence-corrected chi connectivity index (χ3v) is 5.18. The van der Waals surface area contributed by atoms with Gasteiger partial charge in [-0.05, 0) is 38.2 Å². The van der Waals surface area contributed by atoms with E-state index in [2.05, 4.69) is 50.4 Å². The van der Waals surface area contributed by atoms with Crippen LogP contribution in [0.2, 0.25) is 0 Å². The number of hydrogen-bond donors (Lipinski definition) is 1. The van der Waals surface area contributed by atoms with Crippen LogP contribution in [0.3, 0.4) is 0 Å². The third-order valence-electron chi connectivity index (χ3n) is 5.18. The van der Waals surface area contributed by atoms with E-state index in [1.165, 1.54) is 30.4 Å². The molecule has 2 heteroatoms. The number of carbonyl (C=O) groups is 1. The van der Waals surface area contributed by atoms with Crippen LogP contribution in [0, 0.1) is 11.8 Å². The number of nitrogens with one attached hydrogen (secondary N) is 1. The monoisotopic (exact) mass is 297 g/mol. The van der Waals surface area contributed by atoms with Crippen LogP contribution in [0.4, 0.5) is 0 Å². The summed E-state index contributed by atoms with van der Waals surface area (Å²) in [4.78, 5) is 12.8. The van der Waals surface area contributed by atoms with Crippen LogP contribution in [0.15, 0.2) is 30.3 Å². The molecule has 0 amide bonds. The fourth-order valence-corrected chi connectivity index (χ4v) is 3.99. The first-order valence-corrected chi connectivity index (χ1v) is 8.58. The molecule has 0 bridgehead atoms. The minimum atomic E-state index is -0.00134. The summed E-state index contributed by atoms with van der Waals surface area (Å²) in [6.45, 7) is 6.63. The van der Waals surface area contributed by atoms with Gasteiger partial charge in [0.1, 0.15) is 0 Å². The van der Waals surface area contributed by atoms with Gasteiger partial charge in [0.25, 0.3) is 0 Å². The van der Waals surface area contributed by atoms with Crippen LogP contribution >= 0.6 is 0 Å². The third kappa shape index (κ3) is 3.11. The van der Waals surface area contributed by atoms with Crippen molar-refractivity contribution in [3.8, 4) is 0 Å². The lowest BCUT2D eigenvalue weighted by Crippen LogP contribution is -2.44. The smallest absolute Gasteiger partial charge is 0.161 e. The molecular formula is C20H27NO. The lowest BCUT2D eigenvalue weighted by atomic mass is 9.77. The first kappa shape index (κ1) is 15.3. The number of hydrogen-bond acceptors (Lipinski definition) is 2. The first-order chi connectivity index (χ1) is 10.5. The molecule has 1 fully saturated rings. The van der Waals surface area contributed by atoms with Crippen molar-refractivity contribution in [2.45, 2.75) is 58.4 Å². The van der Waals surface area contributed by atoms with Crippen molar-refractivity contribution in [2.75, 3.05) is 0 Å². The minimum absolute atomic E-state index is 0.00134. The Morgan fingerprint density at radius 3 is 2.73 bits per heavy atom. The number of fused-ring (bicyclic) bond motifs is 1. The standard InChI is InChI=1S/C20H27NO/c1-14-8-4-6-10-16(14)19(22)12-18-17-11-7-5-9-15(17)13-20(2,3)21-18/h5,7,9,11-12,14,16,21H,4,6,8,10,13H2,1-3H3/t14-,16-/m1/s1. The van der Waals surface area contributed by atoms with Gasteiger partial charge < -0.3 is 5.32 Å². The van der Waals surface area contributed by atoms with E-state index in [0.717, 1.165) is 18.5 Å². The van der Waals surface area contributed by atoms with E-state index in [1.54, 1.807) is 0 Å². The van der Waals surface area contributed by atoms with Gasteiger partial charge in [0.15, 0.2) is 5.78 Å². The molecule has 1 N–H and O–H groups in total. The van der Waals surface area contributed by atoms with E-state index >= 15 is 0 Å². The Hall–Kier alpha value is -1.57. The van der Waals surface area contributed by atoms with Crippen LogP contribution in [0.5, 0.6) is 0 Å². The zero-order valence-corrected chi connectivity index (χ0v) is 14.0. The Morgan fingerprint density at radius 1 is 1.23 bits per heavy atom. The molecule has 2 aliphatic rings. The van der Waals surface area contributed by atoms with Crippen molar-refractivity contribution in [3.05, 3.63) is 41.5 Å². The quantitative estimate of drug-likeness (QED) is 0.822. The zero-order chi connectivity index (χ0) is 15.7. The second-order valence-corrected chi connectivity index (χ2v) is 7.67. The van der Waals surface area contributed by atoms with E-state index < -0.39 is 0 Å². The molecule has 0 saturated heterocycles. The molecule has 1 aromatic carbocycles. The number of allylic oxidation sites excluding steroid dienone is 1. The van der Waals surface area contributed by atoms with Crippen LogP contribution in [0.25, 0.3) is 5.70 Å². The van der Waals surface area contributed by atoms with E-state index in [1.807, 2.05) is 6.08 Å². The van der Waals surface area contributed by atoms with Crippen LogP contribution in [-0.2, 0) is 11.2 Å². The number of rotatable bonds is 2. The molecule has 2 atom stereocenters. The predicted octanol–water partition coefficient (Wildman–Crippen LogP) is 4.35. The average molecular weight is 297 g/mol. The van der Waals surface area contributed by atoms with Gasteiger partial charge in [0.2, 0.25) is 0 Å². The summed E-state index contributed by atoms with van der Waals surface area (Å²) < 4.78 is 0. The van der Waals surface area contributed by atoms with Gasteiger partial charge in [-0.2, -0.15) is 0 Å². The molecule has 0 radical (unpaired) electrons. The molecule has 1 aliphatic heterocycles. The maximum Gasteiger partial charge on any atom is 0.161 e. The Bertz CT molecular complexity index is 599. The van der Waals surface area contributed by atoms with Crippen molar-refractivity contribution in [1.82, 2.24) is 5.32 Å². The molecular weight excluding hydrogens is 270 g/mol. The summed E-state index contributed by atoms with van der Waals surface area (Å²) in [6.07, 6.45) is 7.58. The molecule has 1 aliphatic carbocycles. The van der Waals surface area contributed by atoms with Crippen LogP contribution in [-0.4, -0.2) is 11.3 Å². The lowest BCUT2D eigenvalue weighted by Gasteiger charge is -2.36. The van der Waals surface area contributed by atoms with Gasteiger partial charge in [-0.1, -0.05) is 50.5 Å². The highest BCUT2D eigenvalue weighted by Crippen LogP contribution is 2.33. The Labute approximate surface area is 134 Å². The normalized spacial score (nSPS) is 28.8. The van der Waals surface area contributed by atoms with Crippen molar-refractivity contribution in [2.24, 2.45) is 11.8 Å². The molecule has 2 nitrogen and oxygen atoms in total. The van der Waals surface area contributed by atoms with Crippen molar-refractivity contribution >= 4 is 11.5 Å². The van der Waals surface area contributed by atoms with E-state index in [0.29, 0.717) is 11.7 Å². The second kappa shape index (κ2) is 5.91. The maximum atomic E-state index is 12.8. The molecule has 22 heavy (non-hydrogen) atoms. The highest BCUT2D eigenvalue weighted by molar-refractivity contribution is 5.98. The molecule has 1 heterocycles. The Morgan fingerprint density at radius 2 is 1.95 bits per heavy atom. The minimum Gasteiger partial charge on any atom is -0.379 e. The van der Waals surface area contributed by atoms with Crippen molar-refractivity contribution < 1.29 is 4.79 Å². The van der Waals surface area contributed by atoms with Gasteiger partial charge in [-0.25, -0.2) is 0 Å². The summed E-state index contributed by atoms with van der Waals surface area (Å²) in [5.74, 6) is 1.03. The predicted molar refractivity (Wildman–Crippen MR) is 91.5 cm³/mol. The highest BCUT2D eigenvalue weighted by Gasteiger charge is 2.30. The molecule has 118 valence electrons. The lowest BCUT2D eigenvalue weighted by molar-refractivity contribution is -0.120. The van der Waals surface area contributed by atoms with Crippen molar-refractivity contribution in [3.63, 3.8) is 0 Å². The SMILES string of the molecule is C[C@@H]1CCCC[C@H]1C(=O)C=C1NC(C)(C)Cc2ccccc21. The van der Waals surface area contributed by atoms with Gasteiger partial charge in [-0.3, -0.25) is 4.79 Å². The van der Waals surface area contributed by atoms with Gasteiger partial charge in [0, 0.05) is 28.8 Å². The Balaban J connectivity index is 1.91. The summed E-state index contributed by atoms with van der Waals surface area (Å²) in [5.41, 5.74) is 3.54. The van der Waals surface area contributed by atoms with E-state index in [-0.39, 0.29) is 11.5 Å². The molecule has 0 spiro atoms. The summed E-state index contributed by atoms with van der Waals surface area (Å²) in [6, 6.07) is 8.45. The molecule has 3 rings (SSSR count). The maximum absolute atomic E-state index is 12.8. The summed E-state index contributed by atoms with van der Waals surface area (Å²) >= 11 is 0. The van der Waals surface area contributed by atoms with Gasteiger partial charge >= 0.3 is 0 Å². The molecule has 0 unspecified atom stereocenters. The van der Waals surface area contributed by atoms with E-state index in [9.17, 15) is 4.79 Å².